The van der Waals surface area contributed by atoms with Crippen LogP contribution in [0.2, 0.25) is 5.02 Å². The van der Waals surface area contributed by atoms with Crippen molar-refractivity contribution in [3.8, 4) is 5.75 Å². The zero-order chi connectivity index (χ0) is 15.2. The molecule has 0 amide bonds. The number of alkyl halides is 3. The minimum Gasteiger partial charge on any atom is -0.495 e. The molecule has 1 N–H and O–H groups in total. The highest BCUT2D eigenvalue weighted by Crippen LogP contribution is 2.30. The van der Waals surface area contributed by atoms with Gasteiger partial charge in [0.2, 0.25) is 0 Å². The number of halogens is 4. The summed E-state index contributed by atoms with van der Waals surface area (Å²) < 4.78 is 45.2. The molecule has 0 saturated heterocycles. The summed E-state index contributed by atoms with van der Waals surface area (Å²) in [6.07, 6.45) is -3.81. The Morgan fingerprint density at radius 1 is 1.30 bits per heavy atom. The molecule has 0 aliphatic rings. The van der Waals surface area contributed by atoms with E-state index in [1.54, 1.807) is 6.07 Å². The lowest BCUT2D eigenvalue weighted by atomic mass is 10.2. The maximum absolute atomic E-state index is 11.8. The summed E-state index contributed by atoms with van der Waals surface area (Å²) in [5.41, 5.74) is 1.65. The van der Waals surface area contributed by atoms with Crippen LogP contribution in [0.4, 0.5) is 18.9 Å². The van der Waals surface area contributed by atoms with Gasteiger partial charge in [-0.1, -0.05) is 11.6 Å². The highest BCUT2D eigenvalue weighted by atomic mass is 35.5. The van der Waals surface area contributed by atoms with Crippen LogP contribution < -0.4 is 10.1 Å². The van der Waals surface area contributed by atoms with E-state index in [0.29, 0.717) is 23.7 Å². The lowest BCUT2D eigenvalue weighted by molar-refractivity contribution is -0.173. The minimum atomic E-state index is -4.27. The molecule has 0 unspecified atom stereocenters. The standard InChI is InChI=1S/C13H17ClF3NO2/c1-9-6-11(12(19-2)7-10(9)14)18-4-3-5-20-8-13(15,16)17/h6-7,18H,3-5,8H2,1-2H3. The van der Waals surface area contributed by atoms with Gasteiger partial charge in [0.1, 0.15) is 12.4 Å². The van der Waals surface area contributed by atoms with Crippen molar-refractivity contribution in [3.63, 3.8) is 0 Å². The Morgan fingerprint density at radius 2 is 2.00 bits per heavy atom. The lowest BCUT2D eigenvalue weighted by Crippen LogP contribution is -2.18. The Balaban J connectivity index is 2.37. The van der Waals surface area contributed by atoms with Crippen LogP contribution in [-0.2, 0) is 4.74 Å². The predicted octanol–water partition coefficient (Wildman–Crippen LogP) is 4.04. The molecule has 0 aliphatic carbocycles. The van der Waals surface area contributed by atoms with Gasteiger partial charge < -0.3 is 14.8 Å². The predicted molar refractivity (Wildman–Crippen MR) is 72.7 cm³/mol. The summed E-state index contributed by atoms with van der Waals surface area (Å²) in [5.74, 6) is 0.594. The molecule has 0 fully saturated rings. The van der Waals surface area contributed by atoms with Gasteiger partial charge in [-0.05, 0) is 25.0 Å². The number of anilines is 1. The molecule has 1 aromatic carbocycles. The number of nitrogens with one attached hydrogen (secondary N) is 1. The van der Waals surface area contributed by atoms with Crippen LogP contribution in [0, 0.1) is 6.92 Å². The van der Waals surface area contributed by atoms with Crippen molar-refractivity contribution < 1.29 is 22.6 Å². The number of ether oxygens (including phenoxy) is 2. The van der Waals surface area contributed by atoms with E-state index in [9.17, 15) is 13.2 Å². The summed E-state index contributed by atoms with van der Waals surface area (Å²) in [4.78, 5) is 0. The molecule has 0 spiro atoms. The van der Waals surface area contributed by atoms with Crippen molar-refractivity contribution >= 4 is 17.3 Å². The van der Waals surface area contributed by atoms with E-state index in [1.807, 2.05) is 13.0 Å². The monoisotopic (exact) mass is 311 g/mol. The molecule has 0 aromatic heterocycles. The van der Waals surface area contributed by atoms with Gasteiger partial charge in [0.15, 0.2) is 0 Å². The molecule has 0 radical (unpaired) electrons. The number of aryl methyl sites for hydroxylation is 1. The van der Waals surface area contributed by atoms with E-state index in [1.165, 1.54) is 7.11 Å². The first kappa shape index (κ1) is 16.9. The molecule has 0 atom stereocenters. The quantitative estimate of drug-likeness (QED) is 0.771. The van der Waals surface area contributed by atoms with E-state index in [2.05, 4.69) is 10.1 Å². The van der Waals surface area contributed by atoms with Crippen molar-refractivity contribution in [2.75, 3.05) is 32.2 Å². The van der Waals surface area contributed by atoms with Crippen LogP contribution in [0.3, 0.4) is 0 Å². The van der Waals surface area contributed by atoms with E-state index >= 15 is 0 Å². The third-order valence-corrected chi connectivity index (χ3v) is 2.93. The van der Waals surface area contributed by atoms with Crippen LogP contribution in [-0.4, -0.2) is 33.0 Å². The topological polar surface area (TPSA) is 30.5 Å². The van der Waals surface area contributed by atoms with E-state index < -0.39 is 12.8 Å². The van der Waals surface area contributed by atoms with Gasteiger partial charge in [0.25, 0.3) is 0 Å². The highest BCUT2D eigenvalue weighted by Gasteiger charge is 2.27. The summed E-state index contributed by atoms with van der Waals surface area (Å²) in [7, 11) is 1.53. The smallest absolute Gasteiger partial charge is 0.411 e. The van der Waals surface area contributed by atoms with E-state index in [-0.39, 0.29) is 6.61 Å². The molecule has 20 heavy (non-hydrogen) atoms. The number of methoxy groups -OCH3 is 1. The van der Waals surface area contributed by atoms with Gasteiger partial charge >= 0.3 is 6.18 Å². The first-order valence-electron chi connectivity index (χ1n) is 6.06. The Morgan fingerprint density at radius 3 is 2.60 bits per heavy atom. The number of hydrogen-bond donors (Lipinski definition) is 1. The van der Waals surface area contributed by atoms with Gasteiger partial charge in [0.05, 0.1) is 12.8 Å². The second-order valence-electron chi connectivity index (χ2n) is 4.25. The van der Waals surface area contributed by atoms with Crippen LogP contribution in [0.15, 0.2) is 12.1 Å². The first-order chi connectivity index (χ1) is 9.33. The van der Waals surface area contributed by atoms with E-state index in [4.69, 9.17) is 16.3 Å². The van der Waals surface area contributed by atoms with Gasteiger partial charge in [-0.15, -0.1) is 0 Å². The summed E-state index contributed by atoms with van der Waals surface area (Å²) >= 11 is 5.98. The number of rotatable bonds is 7. The Bertz CT molecular complexity index is 438. The van der Waals surface area contributed by atoms with Gasteiger partial charge in [-0.3, -0.25) is 0 Å². The molecule has 0 aliphatic heterocycles. The Labute approximate surface area is 121 Å². The number of benzene rings is 1. The largest absolute Gasteiger partial charge is 0.495 e. The second-order valence-corrected chi connectivity index (χ2v) is 4.66. The normalized spacial score (nSPS) is 11.5. The van der Waals surface area contributed by atoms with Crippen LogP contribution >= 0.6 is 11.6 Å². The van der Waals surface area contributed by atoms with Crippen molar-refractivity contribution in [1.82, 2.24) is 0 Å². The highest BCUT2D eigenvalue weighted by molar-refractivity contribution is 6.31. The minimum absolute atomic E-state index is 0.0431. The fourth-order valence-electron chi connectivity index (χ4n) is 1.56. The molecule has 1 rings (SSSR count). The molecule has 1 aromatic rings. The molecule has 0 bridgehead atoms. The lowest BCUT2D eigenvalue weighted by Gasteiger charge is -2.13. The maximum atomic E-state index is 11.8. The summed E-state index contributed by atoms with van der Waals surface area (Å²) in [6, 6.07) is 3.52. The summed E-state index contributed by atoms with van der Waals surface area (Å²) in [5, 5.41) is 3.68. The second kappa shape index (κ2) is 7.59. The van der Waals surface area contributed by atoms with Gasteiger partial charge in [-0.25, -0.2) is 0 Å². The van der Waals surface area contributed by atoms with Gasteiger partial charge in [0, 0.05) is 24.2 Å². The third-order valence-electron chi connectivity index (χ3n) is 2.53. The summed E-state index contributed by atoms with van der Waals surface area (Å²) in [6.45, 7) is 1.17. The number of hydrogen-bond acceptors (Lipinski definition) is 3. The Kier molecular flexibility index (Phi) is 6.42. The van der Waals surface area contributed by atoms with Crippen molar-refractivity contribution in [1.29, 1.82) is 0 Å². The Hall–Kier alpha value is -1.14. The van der Waals surface area contributed by atoms with Crippen LogP contribution in [0.5, 0.6) is 5.75 Å². The molecule has 3 nitrogen and oxygen atoms in total. The average molecular weight is 312 g/mol. The zero-order valence-corrected chi connectivity index (χ0v) is 12.1. The van der Waals surface area contributed by atoms with Crippen LogP contribution in [0.25, 0.3) is 0 Å². The molecule has 0 heterocycles. The maximum Gasteiger partial charge on any atom is 0.411 e. The van der Waals surface area contributed by atoms with Crippen molar-refractivity contribution in [2.24, 2.45) is 0 Å². The fraction of sp³-hybridized carbons (Fsp3) is 0.538. The van der Waals surface area contributed by atoms with Gasteiger partial charge in [-0.2, -0.15) is 13.2 Å². The first-order valence-corrected chi connectivity index (χ1v) is 6.44. The van der Waals surface area contributed by atoms with Crippen LogP contribution in [0.1, 0.15) is 12.0 Å². The molecular weight excluding hydrogens is 295 g/mol. The molecule has 0 saturated carbocycles. The third kappa shape index (κ3) is 5.88. The molecular formula is C13H17ClF3NO2. The van der Waals surface area contributed by atoms with Crippen molar-refractivity contribution in [2.45, 2.75) is 19.5 Å². The van der Waals surface area contributed by atoms with E-state index in [0.717, 1.165) is 11.3 Å². The SMILES string of the molecule is COc1cc(Cl)c(C)cc1NCCCOCC(F)(F)F. The molecule has 114 valence electrons. The van der Waals surface area contributed by atoms with Crippen molar-refractivity contribution in [3.05, 3.63) is 22.7 Å². The fourth-order valence-corrected chi connectivity index (χ4v) is 1.71. The molecule has 7 heteroatoms. The zero-order valence-electron chi connectivity index (χ0n) is 11.3. The average Bonchev–Trinajstić information content (AvgIpc) is 2.36.